The molecule has 0 fully saturated rings. The van der Waals surface area contributed by atoms with Crippen LogP contribution in [0.3, 0.4) is 0 Å². The highest BCUT2D eigenvalue weighted by atomic mass is 28.4. The molecule has 0 radical (unpaired) electrons. The van der Waals surface area contributed by atoms with Crippen LogP contribution in [-0.4, -0.2) is 28.6 Å². The standard InChI is InChI=1S/C22H46O3Si/c1-5-9-10-11-12-13-14-15-16-17-18-19-20-21-25-26(22-6-2,23-7-3)24-8-4/h6H,2,5,7-22H2,1,3-4H3. The Balaban J connectivity index is 3.54. The molecule has 3 nitrogen and oxygen atoms in total. The average molecular weight is 387 g/mol. The summed E-state index contributed by atoms with van der Waals surface area (Å²) in [4.78, 5) is 0. The minimum atomic E-state index is -2.52. The van der Waals surface area contributed by atoms with Gasteiger partial charge in [0.25, 0.3) is 0 Å². The maximum Gasteiger partial charge on any atom is 0.504 e. The summed E-state index contributed by atoms with van der Waals surface area (Å²) in [7, 11) is -2.52. The van der Waals surface area contributed by atoms with Gasteiger partial charge in [0.2, 0.25) is 0 Å². The molecule has 0 aliphatic rings. The van der Waals surface area contributed by atoms with E-state index in [4.69, 9.17) is 13.3 Å². The summed E-state index contributed by atoms with van der Waals surface area (Å²) in [6.45, 7) is 12.1. The Morgan fingerprint density at radius 3 is 1.42 bits per heavy atom. The van der Waals surface area contributed by atoms with Gasteiger partial charge in [0.1, 0.15) is 0 Å². The van der Waals surface area contributed by atoms with E-state index in [2.05, 4.69) is 13.5 Å². The van der Waals surface area contributed by atoms with Crippen LogP contribution in [0.25, 0.3) is 0 Å². The summed E-state index contributed by atoms with van der Waals surface area (Å²) in [6.07, 6.45) is 19.6. The molecule has 0 amide bonds. The van der Waals surface area contributed by atoms with Crippen LogP contribution in [0, 0.1) is 0 Å². The van der Waals surface area contributed by atoms with Crippen LogP contribution in [0.4, 0.5) is 0 Å². The van der Waals surface area contributed by atoms with Crippen LogP contribution in [0.1, 0.15) is 104 Å². The largest absolute Gasteiger partial charge is 0.504 e. The normalized spacial score (nSPS) is 11.8. The summed E-state index contributed by atoms with van der Waals surface area (Å²) in [5.74, 6) is 0. The van der Waals surface area contributed by atoms with Gasteiger partial charge in [-0.05, 0) is 20.3 Å². The van der Waals surface area contributed by atoms with Crippen LogP contribution < -0.4 is 0 Å². The van der Waals surface area contributed by atoms with Gasteiger partial charge in [0.05, 0.1) is 0 Å². The first-order chi connectivity index (χ1) is 12.7. The fourth-order valence-corrected chi connectivity index (χ4v) is 5.56. The van der Waals surface area contributed by atoms with Crippen molar-refractivity contribution in [2.75, 3.05) is 19.8 Å². The van der Waals surface area contributed by atoms with Gasteiger partial charge >= 0.3 is 8.80 Å². The Kier molecular flexibility index (Phi) is 19.5. The van der Waals surface area contributed by atoms with Crippen molar-refractivity contribution in [3.05, 3.63) is 12.7 Å². The van der Waals surface area contributed by atoms with Crippen molar-refractivity contribution in [1.82, 2.24) is 0 Å². The molecule has 0 unspecified atom stereocenters. The summed E-state index contributed by atoms with van der Waals surface area (Å²) < 4.78 is 17.8. The topological polar surface area (TPSA) is 27.7 Å². The second-order valence-corrected chi connectivity index (χ2v) is 9.77. The lowest BCUT2D eigenvalue weighted by molar-refractivity contribution is 0.0685. The molecule has 0 spiro atoms. The van der Waals surface area contributed by atoms with Gasteiger partial charge in [-0.1, -0.05) is 90.0 Å². The molecule has 0 aromatic carbocycles. The number of hydrogen-bond acceptors (Lipinski definition) is 3. The molecule has 0 aromatic heterocycles. The lowest BCUT2D eigenvalue weighted by atomic mass is 10.0. The summed E-state index contributed by atoms with van der Waals surface area (Å²) in [5.41, 5.74) is 0. The van der Waals surface area contributed by atoms with E-state index in [1.54, 1.807) is 0 Å². The van der Waals surface area contributed by atoms with E-state index in [9.17, 15) is 0 Å². The van der Waals surface area contributed by atoms with E-state index in [1.165, 1.54) is 77.0 Å². The smallest absolute Gasteiger partial charge is 0.374 e. The summed E-state index contributed by atoms with van der Waals surface area (Å²) >= 11 is 0. The first-order valence-electron chi connectivity index (χ1n) is 11.3. The molecule has 0 rings (SSSR count). The molecular weight excluding hydrogens is 340 g/mol. The van der Waals surface area contributed by atoms with Crippen molar-refractivity contribution in [2.24, 2.45) is 0 Å². The molecule has 4 heteroatoms. The molecule has 0 saturated carbocycles. The van der Waals surface area contributed by atoms with Gasteiger partial charge in [0.15, 0.2) is 0 Å². The Labute approximate surface area is 165 Å². The summed E-state index contributed by atoms with van der Waals surface area (Å²) in [5, 5.41) is 0. The average Bonchev–Trinajstić information content (AvgIpc) is 2.63. The van der Waals surface area contributed by atoms with Crippen LogP contribution >= 0.6 is 0 Å². The first kappa shape index (κ1) is 25.8. The van der Waals surface area contributed by atoms with E-state index in [0.717, 1.165) is 13.0 Å². The molecule has 0 bridgehead atoms. The van der Waals surface area contributed by atoms with Crippen molar-refractivity contribution < 1.29 is 13.3 Å². The monoisotopic (exact) mass is 386 g/mol. The molecule has 0 N–H and O–H groups in total. The predicted molar refractivity (Wildman–Crippen MR) is 116 cm³/mol. The van der Waals surface area contributed by atoms with Crippen LogP contribution in [0.15, 0.2) is 12.7 Å². The second kappa shape index (κ2) is 19.6. The number of allylic oxidation sites excluding steroid dienone is 1. The molecule has 0 atom stereocenters. The molecule has 26 heavy (non-hydrogen) atoms. The summed E-state index contributed by atoms with van der Waals surface area (Å²) in [6, 6.07) is 0.702. The zero-order valence-electron chi connectivity index (χ0n) is 18.0. The predicted octanol–water partition coefficient (Wildman–Crippen LogP) is 7.29. The zero-order valence-corrected chi connectivity index (χ0v) is 19.0. The minimum Gasteiger partial charge on any atom is -0.374 e. The Hall–Kier alpha value is -0.163. The van der Waals surface area contributed by atoms with Crippen LogP contribution in [-0.2, 0) is 13.3 Å². The molecule has 0 heterocycles. The van der Waals surface area contributed by atoms with E-state index in [0.29, 0.717) is 19.3 Å². The van der Waals surface area contributed by atoms with Crippen molar-refractivity contribution >= 4 is 8.80 Å². The van der Waals surface area contributed by atoms with Crippen LogP contribution in [0.2, 0.25) is 6.04 Å². The molecule has 0 aliphatic carbocycles. The molecule has 0 saturated heterocycles. The van der Waals surface area contributed by atoms with E-state index < -0.39 is 8.80 Å². The number of rotatable bonds is 21. The third-order valence-electron chi connectivity index (χ3n) is 4.69. The van der Waals surface area contributed by atoms with E-state index in [-0.39, 0.29) is 0 Å². The van der Waals surface area contributed by atoms with Gasteiger partial charge in [-0.25, -0.2) is 0 Å². The lowest BCUT2D eigenvalue weighted by Gasteiger charge is -2.27. The van der Waals surface area contributed by atoms with E-state index >= 15 is 0 Å². The third-order valence-corrected chi connectivity index (χ3v) is 7.58. The molecular formula is C22H46O3Si. The van der Waals surface area contributed by atoms with Gasteiger partial charge in [-0.15, -0.1) is 6.58 Å². The number of unbranched alkanes of at least 4 members (excludes halogenated alkanes) is 12. The van der Waals surface area contributed by atoms with Crippen molar-refractivity contribution in [3.8, 4) is 0 Å². The van der Waals surface area contributed by atoms with Gasteiger partial charge < -0.3 is 13.3 Å². The van der Waals surface area contributed by atoms with Crippen molar-refractivity contribution in [2.45, 2.75) is 110 Å². The Bertz CT molecular complexity index is 291. The highest BCUT2D eigenvalue weighted by molar-refractivity contribution is 6.61. The quantitative estimate of drug-likeness (QED) is 0.118. The van der Waals surface area contributed by atoms with Crippen LogP contribution in [0.5, 0.6) is 0 Å². The van der Waals surface area contributed by atoms with Gasteiger partial charge in [0, 0.05) is 25.9 Å². The maximum atomic E-state index is 6.07. The fourth-order valence-electron chi connectivity index (χ4n) is 3.27. The minimum absolute atomic E-state index is 0.638. The second-order valence-electron chi connectivity index (χ2n) is 7.13. The van der Waals surface area contributed by atoms with Gasteiger partial charge in [-0.3, -0.25) is 0 Å². The van der Waals surface area contributed by atoms with E-state index in [1.807, 2.05) is 19.9 Å². The lowest BCUT2D eigenvalue weighted by Crippen LogP contribution is -2.45. The molecule has 0 aliphatic heterocycles. The van der Waals surface area contributed by atoms with Gasteiger partial charge in [-0.2, -0.15) is 0 Å². The molecule has 0 aromatic rings. The highest BCUT2D eigenvalue weighted by Crippen LogP contribution is 2.18. The maximum absolute atomic E-state index is 6.07. The Morgan fingerprint density at radius 1 is 0.615 bits per heavy atom. The highest BCUT2D eigenvalue weighted by Gasteiger charge is 2.39. The fraction of sp³-hybridized carbons (Fsp3) is 0.909. The molecule has 156 valence electrons. The third kappa shape index (κ3) is 14.9. The van der Waals surface area contributed by atoms with Crippen molar-refractivity contribution in [1.29, 1.82) is 0 Å². The zero-order chi connectivity index (χ0) is 19.3. The Morgan fingerprint density at radius 2 is 1.04 bits per heavy atom. The SMILES string of the molecule is C=CC[Si](OCC)(OCC)OCCCCCCCCCCCCCCC. The first-order valence-corrected chi connectivity index (χ1v) is 13.2. The number of hydrogen-bond donors (Lipinski definition) is 0. The van der Waals surface area contributed by atoms with Crippen molar-refractivity contribution in [3.63, 3.8) is 0 Å².